The molecule has 7 rings (SSSR count). The second kappa shape index (κ2) is 13.9. The Kier molecular flexibility index (Phi) is 10.4. The predicted octanol–water partition coefficient (Wildman–Crippen LogP) is 8.05. The number of sulfone groups is 1. The molecular formula is C45H72N2O5S. The predicted molar refractivity (Wildman–Crippen MR) is 214 cm³/mol. The van der Waals surface area contributed by atoms with Gasteiger partial charge in [-0.3, -0.25) is 4.79 Å². The summed E-state index contributed by atoms with van der Waals surface area (Å²) >= 11 is 0. The molecule has 6 aliphatic carbocycles. The zero-order valence-corrected chi connectivity index (χ0v) is 35.1. The number of nitrogens with one attached hydrogen (secondary N) is 1. The number of hydrogen-bond donors (Lipinski definition) is 2. The van der Waals surface area contributed by atoms with Crippen molar-refractivity contribution in [3.05, 3.63) is 35.5 Å². The summed E-state index contributed by atoms with van der Waals surface area (Å²) < 4.78 is 29.7. The van der Waals surface area contributed by atoms with Gasteiger partial charge in [0.2, 0.25) is 0 Å². The second-order valence-corrected chi connectivity index (χ2v) is 23.0. The van der Waals surface area contributed by atoms with Gasteiger partial charge in [0, 0.05) is 31.3 Å². The summed E-state index contributed by atoms with van der Waals surface area (Å²) in [6, 6.07) is 0. The lowest BCUT2D eigenvalue weighted by Crippen LogP contribution is -2.68. The quantitative estimate of drug-likeness (QED) is 0.172. The van der Waals surface area contributed by atoms with Crippen LogP contribution in [0.25, 0.3) is 0 Å². The fourth-order valence-corrected chi connectivity index (χ4v) is 16.2. The molecule has 2 N–H and O–H groups in total. The van der Waals surface area contributed by atoms with Gasteiger partial charge < -0.3 is 20.1 Å². The van der Waals surface area contributed by atoms with E-state index >= 15 is 0 Å². The Balaban J connectivity index is 1.10. The lowest BCUT2D eigenvalue weighted by molar-refractivity contribution is -0.221. The monoisotopic (exact) mass is 753 g/mol. The number of likely N-dealkylation sites (tertiary alicyclic amines) is 1. The highest BCUT2D eigenvalue weighted by Gasteiger charge is 2.70. The number of fused-ring (bicyclic) bond motifs is 7. The van der Waals surface area contributed by atoms with Crippen LogP contribution in [0.2, 0.25) is 0 Å². The van der Waals surface area contributed by atoms with E-state index in [9.17, 15) is 18.3 Å². The van der Waals surface area contributed by atoms with E-state index in [1.807, 2.05) is 0 Å². The molecular weight excluding hydrogens is 681 g/mol. The molecule has 7 aliphatic rings. The minimum atomic E-state index is -2.95. The van der Waals surface area contributed by atoms with Gasteiger partial charge in [-0.25, -0.2) is 8.42 Å². The van der Waals surface area contributed by atoms with Crippen LogP contribution in [0.15, 0.2) is 35.5 Å². The van der Waals surface area contributed by atoms with E-state index in [1.54, 1.807) is 0 Å². The van der Waals surface area contributed by atoms with Crippen LogP contribution in [0.3, 0.4) is 0 Å². The minimum absolute atomic E-state index is 0.0604. The van der Waals surface area contributed by atoms with Gasteiger partial charge in [-0.05, 0) is 166 Å². The van der Waals surface area contributed by atoms with Crippen molar-refractivity contribution < 1.29 is 23.1 Å². The first-order valence-corrected chi connectivity index (χ1v) is 23.3. The van der Waals surface area contributed by atoms with E-state index in [0.29, 0.717) is 48.9 Å². The first-order valence-electron chi connectivity index (χ1n) is 21.3. The maximum absolute atomic E-state index is 12.1. The van der Waals surface area contributed by atoms with Crippen molar-refractivity contribution in [3.8, 4) is 0 Å². The summed E-state index contributed by atoms with van der Waals surface area (Å²) in [5.41, 5.74) is 4.58. The van der Waals surface area contributed by atoms with Gasteiger partial charge in [0.25, 0.3) is 6.47 Å². The van der Waals surface area contributed by atoms with Gasteiger partial charge in [-0.15, -0.1) is 0 Å². The molecule has 1 aliphatic heterocycles. The Morgan fingerprint density at radius 2 is 1.68 bits per heavy atom. The zero-order valence-electron chi connectivity index (χ0n) is 34.3. The Labute approximate surface area is 322 Å². The topological polar surface area (TPSA) is 95.9 Å². The molecule has 0 aromatic heterocycles. The number of hydrogen-bond acceptors (Lipinski definition) is 7. The van der Waals surface area contributed by atoms with Crippen LogP contribution < -0.4 is 5.32 Å². The largest absolute Gasteiger partial charge is 0.458 e. The third-order valence-corrected chi connectivity index (χ3v) is 19.9. The van der Waals surface area contributed by atoms with Crippen LogP contribution in [0.1, 0.15) is 131 Å². The molecule has 0 bridgehead atoms. The summed E-state index contributed by atoms with van der Waals surface area (Å²) in [5, 5.41) is 14.2. The van der Waals surface area contributed by atoms with Crippen molar-refractivity contribution in [1.29, 1.82) is 0 Å². The van der Waals surface area contributed by atoms with Crippen molar-refractivity contribution in [2.24, 2.45) is 51.2 Å². The lowest BCUT2D eigenvalue weighted by atomic mass is 9.33. The van der Waals surface area contributed by atoms with Crippen molar-refractivity contribution in [2.75, 3.05) is 39.0 Å². The fraction of sp³-hybridized carbons (Fsp3) is 0.844. The number of ether oxygens (including phenoxy) is 1. The summed E-state index contributed by atoms with van der Waals surface area (Å²) in [4.78, 5) is 13.7. The molecule has 0 aromatic carbocycles. The van der Waals surface area contributed by atoms with Gasteiger partial charge in [-0.1, -0.05) is 58.9 Å². The molecule has 1 unspecified atom stereocenters. The summed E-state index contributed by atoms with van der Waals surface area (Å²) in [5.74, 6) is 3.20. The number of carbonyl (C=O) groups is 1. The molecule has 5 fully saturated rings. The molecule has 10 atom stereocenters. The molecule has 4 saturated carbocycles. The fourth-order valence-electron chi connectivity index (χ4n) is 15.1. The smallest absolute Gasteiger partial charge is 0.293 e. The van der Waals surface area contributed by atoms with Crippen LogP contribution in [0.4, 0.5) is 0 Å². The highest BCUT2D eigenvalue weighted by Crippen LogP contribution is 2.76. The number of aliphatic hydroxyl groups excluding tert-OH is 1. The van der Waals surface area contributed by atoms with Crippen LogP contribution in [-0.4, -0.2) is 80.3 Å². The Bertz CT molecular complexity index is 1610. The van der Waals surface area contributed by atoms with Crippen LogP contribution >= 0.6 is 0 Å². The molecule has 0 spiro atoms. The third-order valence-electron chi connectivity index (χ3n) is 18.2. The van der Waals surface area contributed by atoms with Crippen molar-refractivity contribution in [1.82, 2.24) is 10.2 Å². The van der Waals surface area contributed by atoms with E-state index in [0.717, 1.165) is 51.9 Å². The van der Waals surface area contributed by atoms with E-state index in [-0.39, 0.29) is 39.1 Å². The molecule has 1 heterocycles. The maximum Gasteiger partial charge on any atom is 0.293 e. The number of rotatable bonds is 10. The number of piperidine rings is 1. The second-order valence-electron chi connectivity index (χ2n) is 20.7. The highest BCUT2D eigenvalue weighted by molar-refractivity contribution is 7.91. The molecule has 53 heavy (non-hydrogen) atoms. The Morgan fingerprint density at radius 1 is 0.943 bits per heavy atom. The standard InChI is InChI=1S/C45H72N2O5S/c1-31(2)34-13-22-45(46-25-28-47-26-16-33(17-27-47)53(8,50)51)24-23-42(6)36(39(34)45)9-10-38-41(5)18-14-35(40(3,4)37(41)15-19-43(38,42)7)32-11-20-44(29-48,21-12-32)52-30-49/h11,14,30,33-34,36-39,46,48H,1,9-10,12-13,15-29H2,2-8H3/t34-,36+,37-,38+,39+,41-,42+,43+,44?,45-/m0/s1. The average Bonchev–Trinajstić information content (AvgIpc) is 3.49. The van der Waals surface area contributed by atoms with Crippen molar-refractivity contribution >= 4 is 16.3 Å². The molecule has 0 aromatic rings. The Morgan fingerprint density at radius 3 is 2.30 bits per heavy atom. The van der Waals surface area contributed by atoms with E-state index in [1.165, 1.54) is 74.3 Å². The molecule has 8 heteroatoms. The molecule has 7 nitrogen and oxygen atoms in total. The highest BCUT2D eigenvalue weighted by atomic mass is 32.2. The zero-order chi connectivity index (χ0) is 38.2. The molecule has 1 saturated heterocycles. The van der Waals surface area contributed by atoms with Gasteiger partial charge in [0.05, 0.1) is 11.9 Å². The van der Waals surface area contributed by atoms with Crippen LogP contribution in [0.5, 0.6) is 0 Å². The summed E-state index contributed by atoms with van der Waals surface area (Å²) in [7, 11) is -2.95. The van der Waals surface area contributed by atoms with Crippen LogP contribution in [0, 0.1) is 51.2 Å². The maximum atomic E-state index is 12.1. The summed E-state index contributed by atoms with van der Waals surface area (Å²) in [6.45, 7) is 24.2. The van der Waals surface area contributed by atoms with Gasteiger partial charge >= 0.3 is 0 Å². The van der Waals surface area contributed by atoms with Crippen LogP contribution in [-0.2, 0) is 19.4 Å². The van der Waals surface area contributed by atoms with Crippen molar-refractivity contribution in [3.63, 3.8) is 0 Å². The third kappa shape index (κ3) is 6.29. The molecule has 298 valence electrons. The van der Waals surface area contributed by atoms with Gasteiger partial charge in [0.15, 0.2) is 0 Å². The van der Waals surface area contributed by atoms with E-state index < -0.39 is 15.4 Å². The average molecular weight is 753 g/mol. The first-order chi connectivity index (χ1) is 24.9. The normalized spacial score (nSPS) is 44.4. The number of aliphatic hydroxyl groups is 1. The number of allylic oxidation sites excluding steroid dienone is 4. The SMILES string of the molecule is C=C(C)[C@@H]1CC[C@]2(NCCN3CCC(S(C)(=O)=O)CC3)CC[C@]3(C)[C@H](CC[C@@H]4[C@@]5(C)CC=C(C6=CCC(CO)(OC=O)CC6)C(C)(C)[C@@H]5CC[C@]43C)[C@@H]12. The lowest BCUT2D eigenvalue weighted by Gasteiger charge is -2.72. The molecule has 0 radical (unpaired) electrons. The summed E-state index contributed by atoms with van der Waals surface area (Å²) in [6.07, 6.45) is 21.3. The van der Waals surface area contributed by atoms with E-state index in [2.05, 4.69) is 70.5 Å². The van der Waals surface area contributed by atoms with Crippen molar-refractivity contribution in [2.45, 2.75) is 148 Å². The number of nitrogens with zero attached hydrogens (tertiary/aromatic N) is 1. The number of carbonyl (C=O) groups excluding carboxylic acids is 1. The van der Waals surface area contributed by atoms with Gasteiger partial charge in [0.1, 0.15) is 15.4 Å². The van der Waals surface area contributed by atoms with E-state index in [4.69, 9.17) is 4.74 Å². The minimum Gasteiger partial charge on any atom is -0.458 e. The Hall–Kier alpha value is -1.48. The molecule has 0 amide bonds. The van der Waals surface area contributed by atoms with Gasteiger partial charge in [-0.2, -0.15) is 0 Å². The first kappa shape index (κ1) is 39.7.